The molecular formula is C10H15N3OS. The molecule has 1 aliphatic carbocycles. The fourth-order valence-corrected chi connectivity index (χ4v) is 2.52. The Kier molecular flexibility index (Phi) is 2.17. The van der Waals surface area contributed by atoms with Gasteiger partial charge in [0.05, 0.1) is 0 Å². The van der Waals surface area contributed by atoms with Gasteiger partial charge in [0.25, 0.3) is 0 Å². The Bertz CT molecular complexity index is 421. The zero-order chi connectivity index (χ0) is 10.4. The van der Waals surface area contributed by atoms with E-state index in [4.69, 9.17) is 17.0 Å². The lowest BCUT2D eigenvalue weighted by Crippen LogP contribution is -2.12. The highest BCUT2D eigenvalue weighted by atomic mass is 32.1. The Morgan fingerprint density at radius 2 is 2.27 bits per heavy atom. The molecular weight excluding hydrogens is 210 g/mol. The van der Waals surface area contributed by atoms with E-state index in [-0.39, 0.29) is 6.10 Å². The van der Waals surface area contributed by atoms with Gasteiger partial charge in [-0.05, 0) is 37.4 Å². The highest BCUT2D eigenvalue weighted by Gasteiger charge is 2.34. The van der Waals surface area contributed by atoms with Gasteiger partial charge in [-0.1, -0.05) is 6.92 Å². The van der Waals surface area contributed by atoms with Gasteiger partial charge in [-0.3, -0.25) is 9.67 Å². The number of aromatic nitrogens is 3. The summed E-state index contributed by atoms with van der Waals surface area (Å²) in [6.45, 7) is 3.06. The molecule has 1 aromatic rings. The lowest BCUT2D eigenvalue weighted by atomic mass is 10.0. The van der Waals surface area contributed by atoms with Crippen LogP contribution in [0.1, 0.15) is 44.2 Å². The van der Waals surface area contributed by atoms with Crippen LogP contribution < -0.4 is 0 Å². The van der Waals surface area contributed by atoms with E-state index in [0.717, 1.165) is 23.6 Å². The number of hydrogen-bond donors (Lipinski definition) is 1. The number of rotatable bonds is 2. The van der Waals surface area contributed by atoms with Gasteiger partial charge < -0.3 is 4.74 Å². The standard InChI is InChI=1S/C10H15N3OS/c1-6-4-5-14-8(6)9-11-12-10(15)13(9)7-2-3-7/h6-8H,2-5H2,1H3,(H,12,15). The van der Waals surface area contributed by atoms with E-state index in [1.807, 2.05) is 0 Å². The maximum atomic E-state index is 5.73. The van der Waals surface area contributed by atoms with Crippen molar-refractivity contribution < 1.29 is 4.74 Å². The molecule has 1 N–H and O–H groups in total. The van der Waals surface area contributed by atoms with Gasteiger partial charge in [-0.2, -0.15) is 5.10 Å². The first-order valence-corrected chi connectivity index (χ1v) is 5.96. The summed E-state index contributed by atoms with van der Waals surface area (Å²) in [5.74, 6) is 1.56. The van der Waals surface area contributed by atoms with Gasteiger partial charge >= 0.3 is 0 Å². The second kappa shape index (κ2) is 3.42. The summed E-state index contributed by atoms with van der Waals surface area (Å²) < 4.78 is 8.63. The molecule has 1 saturated carbocycles. The normalized spacial score (nSPS) is 31.0. The highest BCUT2D eigenvalue weighted by Crippen LogP contribution is 2.40. The second-order valence-corrected chi connectivity index (χ2v) is 4.93. The number of H-pyrrole nitrogens is 1. The molecule has 0 spiro atoms. The molecule has 2 fully saturated rings. The zero-order valence-electron chi connectivity index (χ0n) is 8.77. The third kappa shape index (κ3) is 1.54. The summed E-state index contributed by atoms with van der Waals surface area (Å²) in [6, 6.07) is 0.572. The van der Waals surface area contributed by atoms with Crippen LogP contribution in [-0.2, 0) is 4.74 Å². The quantitative estimate of drug-likeness (QED) is 0.786. The highest BCUT2D eigenvalue weighted by molar-refractivity contribution is 7.71. The molecule has 1 saturated heterocycles. The third-order valence-corrected chi connectivity index (χ3v) is 3.57. The number of nitrogens with zero attached hydrogens (tertiary/aromatic N) is 2. The Morgan fingerprint density at radius 3 is 2.87 bits per heavy atom. The van der Waals surface area contributed by atoms with Crippen molar-refractivity contribution in [2.75, 3.05) is 6.61 Å². The number of ether oxygens (including phenoxy) is 1. The molecule has 4 nitrogen and oxygen atoms in total. The minimum absolute atomic E-state index is 0.138. The van der Waals surface area contributed by atoms with Crippen molar-refractivity contribution in [3.63, 3.8) is 0 Å². The molecule has 0 aromatic carbocycles. The van der Waals surface area contributed by atoms with E-state index < -0.39 is 0 Å². The van der Waals surface area contributed by atoms with Gasteiger partial charge in [-0.25, -0.2) is 0 Å². The smallest absolute Gasteiger partial charge is 0.195 e. The molecule has 82 valence electrons. The van der Waals surface area contributed by atoms with Gasteiger partial charge in [0.1, 0.15) is 6.10 Å². The fourth-order valence-electron chi connectivity index (χ4n) is 2.23. The summed E-state index contributed by atoms with van der Waals surface area (Å²) in [7, 11) is 0. The predicted octanol–water partition coefficient (Wildman–Crippen LogP) is 2.37. The summed E-state index contributed by atoms with van der Waals surface area (Å²) in [6.07, 6.45) is 3.71. The van der Waals surface area contributed by atoms with Crippen molar-refractivity contribution in [2.45, 2.75) is 38.3 Å². The second-order valence-electron chi connectivity index (χ2n) is 4.55. The molecule has 1 aromatic heterocycles. The molecule has 2 unspecified atom stereocenters. The average molecular weight is 225 g/mol. The molecule has 2 aliphatic rings. The molecule has 0 bridgehead atoms. The maximum Gasteiger partial charge on any atom is 0.195 e. The first-order chi connectivity index (χ1) is 7.27. The number of aromatic amines is 1. The Labute approximate surface area is 93.6 Å². The van der Waals surface area contributed by atoms with E-state index in [1.54, 1.807) is 0 Å². The van der Waals surface area contributed by atoms with Crippen LogP contribution in [0, 0.1) is 10.7 Å². The van der Waals surface area contributed by atoms with Crippen LogP contribution in [0.4, 0.5) is 0 Å². The largest absolute Gasteiger partial charge is 0.370 e. The molecule has 1 aliphatic heterocycles. The molecule has 2 heterocycles. The van der Waals surface area contributed by atoms with Crippen molar-refractivity contribution in [1.29, 1.82) is 0 Å². The van der Waals surface area contributed by atoms with E-state index in [0.29, 0.717) is 12.0 Å². The summed E-state index contributed by atoms with van der Waals surface area (Å²) in [5, 5.41) is 7.22. The first kappa shape index (κ1) is 9.54. The molecule has 0 radical (unpaired) electrons. The first-order valence-electron chi connectivity index (χ1n) is 5.56. The van der Waals surface area contributed by atoms with Gasteiger partial charge in [0.15, 0.2) is 10.6 Å². The van der Waals surface area contributed by atoms with Crippen LogP contribution in [0.3, 0.4) is 0 Å². The van der Waals surface area contributed by atoms with Crippen molar-refractivity contribution in [3.05, 3.63) is 10.6 Å². The number of hydrogen-bond acceptors (Lipinski definition) is 3. The topological polar surface area (TPSA) is 42.8 Å². The van der Waals surface area contributed by atoms with Crippen LogP contribution in [0.5, 0.6) is 0 Å². The Morgan fingerprint density at radius 1 is 1.47 bits per heavy atom. The van der Waals surface area contributed by atoms with E-state index >= 15 is 0 Å². The third-order valence-electron chi connectivity index (χ3n) is 3.29. The minimum Gasteiger partial charge on any atom is -0.370 e. The molecule has 3 rings (SSSR count). The van der Waals surface area contributed by atoms with Crippen LogP contribution >= 0.6 is 12.2 Å². The Hall–Kier alpha value is -0.680. The van der Waals surface area contributed by atoms with E-state index in [2.05, 4.69) is 21.7 Å². The molecule has 2 atom stereocenters. The Balaban J connectivity index is 2.00. The molecule has 15 heavy (non-hydrogen) atoms. The van der Waals surface area contributed by atoms with Gasteiger partial charge in [-0.15, -0.1) is 0 Å². The van der Waals surface area contributed by atoms with Crippen LogP contribution in [-0.4, -0.2) is 21.4 Å². The van der Waals surface area contributed by atoms with Crippen LogP contribution in [0.15, 0.2) is 0 Å². The van der Waals surface area contributed by atoms with Crippen molar-refractivity contribution in [2.24, 2.45) is 5.92 Å². The van der Waals surface area contributed by atoms with Crippen LogP contribution in [0.25, 0.3) is 0 Å². The van der Waals surface area contributed by atoms with Crippen LogP contribution in [0.2, 0.25) is 0 Å². The van der Waals surface area contributed by atoms with Crippen molar-refractivity contribution in [3.8, 4) is 0 Å². The summed E-state index contributed by atoms with van der Waals surface area (Å²) in [5.41, 5.74) is 0. The summed E-state index contributed by atoms with van der Waals surface area (Å²) in [4.78, 5) is 0. The lowest BCUT2D eigenvalue weighted by Gasteiger charge is -2.14. The average Bonchev–Trinajstić information content (AvgIpc) is 2.85. The van der Waals surface area contributed by atoms with Crippen molar-refractivity contribution >= 4 is 12.2 Å². The SMILES string of the molecule is CC1CCOC1c1n[nH]c(=S)n1C1CC1. The predicted molar refractivity (Wildman–Crippen MR) is 58.2 cm³/mol. The van der Waals surface area contributed by atoms with E-state index in [1.165, 1.54) is 12.8 Å². The minimum atomic E-state index is 0.138. The maximum absolute atomic E-state index is 5.73. The van der Waals surface area contributed by atoms with Gasteiger partial charge in [0.2, 0.25) is 0 Å². The van der Waals surface area contributed by atoms with Crippen molar-refractivity contribution in [1.82, 2.24) is 14.8 Å². The monoisotopic (exact) mass is 225 g/mol. The molecule has 0 amide bonds. The summed E-state index contributed by atoms with van der Waals surface area (Å²) >= 11 is 5.25. The lowest BCUT2D eigenvalue weighted by molar-refractivity contribution is 0.0838. The van der Waals surface area contributed by atoms with Gasteiger partial charge in [0, 0.05) is 12.6 Å². The molecule has 5 heteroatoms. The zero-order valence-corrected chi connectivity index (χ0v) is 9.59. The van der Waals surface area contributed by atoms with E-state index in [9.17, 15) is 0 Å². The number of nitrogens with one attached hydrogen (secondary N) is 1. The fraction of sp³-hybridized carbons (Fsp3) is 0.800.